The van der Waals surface area contributed by atoms with Gasteiger partial charge < -0.3 is 0 Å². The Kier molecular flexibility index (Phi) is 9.26. The number of unbranched alkanes of at least 4 members (excludes halogenated alkanes) is 1. The Morgan fingerprint density at radius 2 is 1.87 bits per heavy atom. The predicted molar refractivity (Wildman–Crippen MR) is 69.7 cm³/mol. The molecule has 0 saturated carbocycles. The van der Waals surface area contributed by atoms with E-state index in [2.05, 4.69) is 58.1 Å². The van der Waals surface area contributed by atoms with Crippen molar-refractivity contribution in [1.29, 1.82) is 0 Å². The molecular formula is C15H25. The summed E-state index contributed by atoms with van der Waals surface area (Å²) in [7, 11) is 0. The van der Waals surface area contributed by atoms with Crippen molar-refractivity contribution in [2.45, 2.75) is 53.4 Å². The minimum Gasteiger partial charge on any atom is -0.0885 e. The fraction of sp³-hybridized carbons (Fsp3) is 0.600. The van der Waals surface area contributed by atoms with Gasteiger partial charge >= 0.3 is 0 Å². The largest absolute Gasteiger partial charge is 0.0885 e. The summed E-state index contributed by atoms with van der Waals surface area (Å²) >= 11 is 0. The molecule has 0 amide bonds. The van der Waals surface area contributed by atoms with Crippen LogP contribution in [0.3, 0.4) is 0 Å². The van der Waals surface area contributed by atoms with Gasteiger partial charge in [0.25, 0.3) is 0 Å². The molecule has 1 radical (unpaired) electrons. The normalized spacial score (nSPS) is 13.5. The molecule has 0 spiro atoms. The van der Waals surface area contributed by atoms with Gasteiger partial charge in [-0.15, -0.1) is 0 Å². The highest BCUT2D eigenvalue weighted by molar-refractivity contribution is 5.18. The SMILES string of the molecule is CCC=CC/[C]=C(/C=CCCC)C(C)C. The maximum atomic E-state index is 3.46. The topological polar surface area (TPSA) is 0 Å². The first-order chi connectivity index (χ1) is 7.22. The van der Waals surface area contributed by atoms with Gasteiger partial charge in [-0.25, -0.2) is 0 Å². The van der Waals surface area contributed by atoms with Crippen molar-refractivity contribution in [1.82, 2.24) is 0 Å². The van der Waals surface area contributed by atoms with Crippen molar-refractivity contribution in [2.75, 3.05) is 0 Å². The van der Waals surface area contributed by atoms with Crippen LogP contribution in [0.1, 0.15) is 53.4 Å². The van der Waals surface area contributed by atoms with E-state index >= 15 is 0 Å². The van der Waals surface area contributed by atoms with Crippen LogP contribution in [0.15, 0.2) is 29.9 Å². The third kappa shape index (κ3) is 8.23. The second-order valence-corrected chi connectivity index (χ2v) is 4.06. The Labute approximate surface area is 95.8 Å². The van der Waals surface area contributed by atoms with E-state index in [1.807, 2.05) is 0 Å². The quantitative estimate of drug-likeness (QED) is 0.401. The lowest BCUT2D eigenvalue weighted by Crippen LogP contribution is -1.90. The predicted octanol–water partition coefficient (Wildman–Crippen LogP) is 5.08. The summed E-state index contributed by atoms with van der Waals surface area (Å²) in [5, 5.41) is 0. The van der Waals surface area contributed by atoms with E-state index in [1.54, 1.807) is 0 Å². The van der Waals surface area contributed by atoms with Crippen molar-refractivity contribution in [3.05, 3.63) is 36.0 Å². The van der Waals surface area contributed by atoms with Gasteiger partial charge in [-0.1, -0.05) is 58.4 Å². The van der Waals surface area contributed by atoms with Gasteiger partial charge in [0, 0.05) is 0 Å². The van der Waals surface area contributed by atoms with E-state index in [0.29, 0.717) is 5.92 Å². The van der Waals surface area contributed by atoms with Crippen molar-refractivity contribution < 1.29 is 0 Å². The molecule has 0 atom stereocenters. The molecule has 0 aliphatic carbocycles. The zero-order chi connectivity index (χ0) is 11.5. The highest BCUT2D eigenvalue weighted by atomic mass is 14.0. The van der Waals surface area contributed by atoms with Gasteiger partial charge in [-0.3, -0.25) is 0 Å². The molecule has 0 heteroatoms. The molecule has 0 unspecified atom stereocenters. The maximum Gasteiger partial charge on any atom is -0.00917 e. The summed E-state index contributed by atoms with van der Waals surface area (Å²) < 4.78 is 0. The van der Waals surface area contributed by atoms with E-state index in [4.69, 9.17) is 0 Å². The molecule has 0 heterocycles. The van der Waals surface area contributed by atoms with Gasteiger partial charge in [-0.2, -0.15) is 0 Å². The summed E-state index contributed by atoms with van der Waals surface area (Å²) in [6.45, 7) is 8.81. The van der Waals surface area contributed by atoms with Crippen LogP contribution < -0.4 is 0 Å². The molecule has 85 valence electrons. The molecule has 0 aromatic heterocycles. The molecule has 0 aromatic carbocycles. The van der Waals surface area contributed by atoms with E-state index in [0.717, 1.165) is 12.8 Å². The Hall–Kier alpha value is -0.780. The van der Waals surface area contributed by atoms with Crippen molar-refractivity contribution in [2.24, 2.45) is 5.92 Å². The lowest BCUT2D eigenvalue weighted by atomic mass is 10.0. The van der Waals surface area contributed by atoms with Crippen LogP contribution in [-0.2, 0) is 0 Å². The van der Waals surface area contributed by atoms with E-state index in [-0.39, 0.29) is 0 Å². The minimum absolute atomic E-state index is 0.577. The van der Waals surface area contributed by atoms with Crippen LogP contribution >= 0.6 is 0 Å². The highest BCUT2D eigenvalue weighted by Gasteiger charge is 1.97. The molecule has 0 N–H and O–H groups in total. The Morgan fingerprint density at radius 3 is 2.40 bits per heavy atom. The summed E-state index contributed by atoms with van der Waals surface area (Å²) in [6, 6.07) is 0. The second-order valence-electron chi connectivity index (χ2n) is 4.06. The molecule has 0 aliphatic heterocycles. The van der Waals surface area contributed by atoms with E-state index in [9.17, 15) is 0 Å². The monoisotopic (exact) mass is 205 g/mol. The third-order valence-corrected chi connectivity index (χ3v) is 2.20. The number of hydrogen-bond acceptors (Lipinski definition) is 0. The van der Waals surface area contributed by atoms with E-state index < -0.39 is 0 Å². The second kappa shape index (κ2) is 9.76. The molecule has 0 fully saturated rings. The number of rotatable bonds is 7. The molecular weight excluding hydrogens is 180 g/mol. The number of allylic oxidation sites excluding steroid dienone is 6. The average Bonchev–Trinajstić information content (AvgIpc) is 2.21. The first-order valence-electron chi connectivity index (χ1n) is 6.14. The standard InChI is InChI=1S/C15H25/c1-5-7-9-11-13-15(14(3)4)12-10-8-6-2/h7,9-10,12,14H,5-6,8,11H2,1-4H3. The lowest BCUT2D eigenvalue weighted by molar-refractivity contribution is 0.780. The van der Waals surface area contributed by atoms with Gasteiger partial charge in [0.15, 0.2) is 0 Å². The van der Waals surface area contributed by atoms with Gasteiger partial charge in [0.2, 0.25) is 0 Å². The zero-order valence-electron chi connectivity index (χ0n) is 10.7. The van der Waals surface area contributed by atoms with Crippen molar-refractivity contribution in [3.8, 4) is 0 Å². The summed E-state index contributed by atoms with van der Waals surface area (Å²) in [5.74, 6) is 0.577. The summed E-state index contributed by atoms with van der Waals surface area (Å²) in [4.78, 5) is 0. The minimum atomic E-state index is 0.577. The molecule has 15 heavy (non-hydrogen) atoms. The lowest BCUT2D eigenvalue weighted by Gasteiger charge is -2.04. The summed E-state index contributed by atoms with van der Waals surface area (Å²) in [5.41, 5.74) is 1.34. The average molecular weight is 205 g/mol. The Morgan fingerprint density at radius 1 is 1.13 bits per heavy atom. The first-order valence-corrected chi connectivity index (χ1v) is 6.14. The van der Waals surface area contributed by atoms with Crippen LogP contribution in [0, 0.1) is 12.0 Å². The Balaban J connectivity index is 4.19. The summed E-state index contributed by atoms with van der Waals surface area (Å²) in [6.07, 6.45) is 16.8. The molecule has 0 aliphatic rings. The molecule has 0 bridgehead atoms. The van der Waals surface area contributed by atoms with Crippen molar-refractivity contribution in [3.63, 3.8) is 0 Å². The maximum absolute atomic E-state index is 3.46. The molecule has 0 saturated heterocycles. The van der Waals surface area contributed by atoms with Crippen LogP contribution in [0.25, 0.3) is 0 Å². The Bertz CT molecular complexity index is 216. The first kappa shape index (κ1) is 14.2. The van der Waals surface area contributed by atoms with Crippen LogP contribution in [0.4, 0.5) is 0 Å². The van der Waals surface area contributed by atoms with Gasteiger partial charge in [0.05, 0.1) is 0 Å². The molecule has 0 rings (SSSR count). The molecule has 0 aromatic rings. The van der Waals surface area contributed by atoms with Crippen molar-refractivity contribution >= 4 is 0 Å². The third-order valence-electron chi connectivity index (χ3n) is 2.20. The van der Waals surface area contributed by atoms with Gasteiger partial charge in [-0.05, 0) is 36.8 Å². The fourth-order valence-corrected chi connectivity index (χ4v) is 1.26. The number of hydrogen-bond donors (Lipinski definition) is 0. The molecule has 0 nitrogen and oxygen atoms in total. The van der Waals surface area contributed by atoms with E-state index in [1.165, 1.54) is 18.4 Å². The smallest absolute Gasteiger partial charge is 0.00917 e. The van der Waals surface area contributed by atoms with Crippen LogP contribution in [-0.4, -0.2) is 0 Å². The van der Waals surface area contributed by atoms with Crippen LogP contribution in [0.2, 0.25) is 0 Å². The van der Waals surface area contributed by atoms with Gasteiger partial charge in [0.1, 0.15) is 0 Å². The highest BCUT2D eigenvalue weighted by Crippen LogP contribution is 2.12. The zero-order valence-corrected chi connectivity index (χ0v) is 10.7. The van der Waals surface area contributed by atoms with Crippen LogP contribution in [0.5, 0.6) is 0 Å². The fourth-order valence-electron chi connectivity index (χ4n) is 1.26.